The average molecular weight is 234 g/mol. The number of hydrogen-bond donors (Lipinski definition) is 1. The third-order valence-corrected chi connectivity index (χ3v) is 2.52. The summed E-state index contributed by atoms with van der Waals surface area (Å²) in [6.45, 7) is 3.29. The van der Waals surface area contributed by atoms with Crippen LogP contribution >= 0.6 is 0 Å². The van der Waals surface area contributed by atoms with Crippen LogP contribution in [0.5, 0.6) is 5.75 Å². The van der Waals surface area contributed by atoms with Crippen LogP contribution in [0, 0.1) is 0 Å². The van der Waals surface area contributed by atoms with Crippen molar-refractivity contribution >= 4 is 11.9 Å². The molecule has 0 spiro atoms. The molecule has 0 fully saturated rings. The predicted molar refractivity (Wildman–Crippen MR) is 67.9 cm³/mol. The SMILES string of the molecule is COc1ccc(/C=C(\C)[C@@H](O)CC(C)=O)cc1. The molecule has 3 nitrogen and oxygen atoms in total. The van der Waals surface area contributed by atoms with Crippen molar-refractivity contribution in [1.82, 2.24) is 0 Å². The molecule has 1 rings (SSSR count). The summed E-state index contributed by atoms with van der Waals surface area (Å²) in [6.07, 6.45) is 1.33. The van der Waals surface area contributed by atoms with Gasteiger partial charge in [0.05, 0.1) is 13.2 Å². The van der Waals surface area contributed by atoms with Crippen molar-refractivity contribution in [2.75, 3.05) is 7.11 Å². The van der Waals surface area contributed by atoms with E-state index in [0.717, 1.165) is 16.9 Å². The van der Waals surface area contributed by atoms with E-state index in [1.807, 2.05) is 37.3 Å². The summed E-state index contributed by atoms with van der Waals surface area (Å²) in [5.74, 6) is 0.782. The quantitative estimate of drug-likeness (QED) is 0.851. The summed E-state index contributed by atoms with van der Waals surface area (Å²) < 4.78 is 5.06. The Hall–Kier alpha value is -1.61. The Morgan fingerprint density at radius 2 is 1.94 bits per heavy atom. The van der Waals surface area contributed by atoms with Crippen molar-refractivity contribution in [3.8, 4) is 5.75 Å². The molecule has 0 saturated carbocycles. The highest BCUT2D eigenvalue weighted by molar-refractivity contribution is 5.76. The molecule has 92 valence electrons. The molecule has 1 aromatic rings. The van der Waals surface area contributed by atoms with Gasteiger partial charge in [0, 0.05) is 6.42 Å². The van der Waals surface area contributed by atoms with E-state index in [1.54, 1.807) is 7.11 Å². The number of rotatable bonds is 5. The van der Waals surface area contributed by atoms with Gasteiger partial charge in [-0.15, -0.1) is 0 Å². The lowest BCUT2D eigenvalue weighted by Crippen LogP contribution is -2.12. The smallest absolute Gasteiger partial charge is 0.132 e. The zero-order valence-corrected chi connectivity index (χ0v) is 10.4. The fourth-order valence-electron chi connectivity index (χ4n) is 1.49. The molecule has 0 amide bonds. The van der Waals surface area contributed by atoms with Crippen LogP contribution in [0.15, 0.2) is 29.8 Å². The minimum absolute atomic E-state index is 0.0139. The fourth-order valence-corrected chi connectivity index (χ4v) is 1.49. The van der Waals surface area contributed by atoms with E-state index in [4.69, 9.17) is 4.74 Å². The van der Waals surface area contributed by atoms with E-state index < -0.39 is 6.10 Å². The average Bonchev–Trinajstić information content (AvgIpc) is 2.29. The molecule has 0 aliphatic rings. The van der Waals surface area contributed by atoms with Gasteiger partial charge in [-0.05, 0) is 37.1 Å². The molecule has 3 heteroatoms. The molecule has 0 bridgehead atoms. The number of carbonyl (C=O) groups excluding carboxylic acids is 1. The maximum absolute atomic E-state index is 10.9. The first kappa shape index (κ1) is 13.5. The third kappa shape index (κ3) is 4.41. The Morgan fingerprint density at radius 3 is 2.41 bits per heavy atom. The van der Waals surface area contributed by atoms with E-state index in [9.17, 15) is 9.90 Å². The summed E-state index contributed by atoms with van der Waals surface area (Å²) >= 11 is 0. The minimum Gasteiger partial charge on any atom is -0.497 e. The number of ether oxygens (including phenoxy) is 1. The van der Waals surface area contributed by atoms with Crippen molar-refractivity contribution < 1.29 is 14.6 Å². The highest BCUT2D eigenvalue weighted by Crippen LogP contribution is 2.16. The summed E-state index contributed by atoms with van der Waals surface area (Å²) in [4.78, 5) is 10.9. The summed E-state index contributed by atoms with van der Waals surface area (Å²) in [6, 6.07) is 7.53. The lowest BCUT2D eigenvalue weighted by Gasteiger charge is -2.09. The summed E-state index contributed by atoms with van der Waals surface area (Å²) in [7, 11) is 1.62. The lowest BCUT2D eigenvalue weighted by molar-refractivity contribution is -0.118. The van der Waals surface area contributed by atoms with Crippen molar-refractivity contribution in [2.24, 2.45) is 0 Å². The normalized spacial score (nSPS) is 13.3. The van der Waals surface area contributed by atoms with Crippen LogP contribution in [-0.4, -0.2) is 24.1 Å². The van der Waals surface area contributed by atoms with Gasteiger partial charge < -0.3 is 9.84 Å². The molecule has 1 atom stereocenters. The van der Waals surface area contributed by atoms with E-state index in [1.165, 1.54) is 6.92 Å². The van der Waals surface area contributed by atoms with Gasteiger partial charge in [0.2, 0.25) is 0 Å². The molecule has 0 unspecified atom stereocenters. The second kappa shape index (κ2) is 6.21. The lowest BCUT2D eigenvalue weighted by atomic mass is 10.0. The molecule has 0 radical (unpaired) electrons. The highest BCUT2D eigenvalue weighted by Gasteiger charge is 2.08. The Morgan fingerprint density at radius 1 is 1.35 bits per heavy atom. The molecule has 0 heterocycles. The van der Waals surface area contributed by atoms with Gasteiger partial charge in [-0.3, -0.25) is 4.79 Å². The van der Waals surface area contributed by atoms with Gasteiger partial charge in [-0.25, -0.2) is 0 Å². The van der Waals surface area contributed by atoms with Gasteiger partial charge in [-0.2, -0.15) is 0 Å². The molecule has 0 saturated heterocycles. The second-order valence-electron chi connectivity index (χ2n) is 4.08. The number of aliphatic hydroxyl groups is 1. The largest absolute Gasteiger partial charge is 0.497 e. The van der Waals surface area contributed by atoms with Crippen molar-refractivity contribution in [3.63, 3.8) is 0 Å². The van der Waals surface area contributed by atoms with Gasteiger partial charge in [0.25, 0.3) is 0 Å². The molecule has 0 aliphatic carbocycles. The molecule has 1 N–H and O–H groups in total. The number of methoxy groups -OCH3 is 1. The first-order valence-corrected chi connectivity index (χ1v) is 5.52. The number of aliphatic hydroxyl groups excluding tert-OH is 1. The first-order valence-electron chi connectivity index (χ1n) is 5.52. The Bertz CT molecular complexity index is 404. The van der Waals surface area contributed by atoms with Crippen LogP contribution in [0.1, 0.15) is 25.8 Å². The van der Waals surface area contributed by atoms with Crippen molar-refractivity contribution in [2.45, 2.75) is 26.4 Å². The van der Waals surface area contributed by atoms with Crippen LogP contribution in [0.2, 0.25) is 0 Å². The second-order valence-corrected chi connectivity index (χ2v) is 4.08. The number of carbonyl (C=O) groups is 1. The molecular formula is C14H18O3. The minimum atomic E-state index is -0.699. The van der Waals surface area contributed by atoms with E-state index in [0.29, 0.717) is 0 Å². The van der Waals surface area contributed by atoms with Crippen LogP contribution in [-0.2, 0) is 4.79 Å². The monoisotopic (exact) mass is 234 g/mol. The van der Waals surface area contributed by atoms with Crippen LogP contribution < -0.4 is 4.74 Å². The van der Waals surface area contributed by atoms with Crippen LogP contribution in [0.4, 0.5) is 0 Å². The molecule has 0 aromatic heterocycles. The third-order valence-electron chi connectivity index (χ3n) is 2.52. The summed E-state index contributed by atoms with van der Waals surface area (Å²) in [5.41, 5.74) is 1.76. The number of benzene rings is 1. The van der Waals surface area contributed by atoms with Crippen LogP contribution in [0.25, 0.3) is 6.08 Å². The van der Waals surface area contributed by atoms with Crippen LogP contribution in [0.3, 0.4) is 0 Å². The topological polar surface area (TPSA) is 46.5 Å². The number of ketones is 1. The van der Waals surface area contributed by atoms with E-state index >= 15 is 0 Å². The zero-order chi connectivity index (χ0) is 12.8. The zero-order valence-electron chi connectivity index (χ0n) is 10.4. The summed E-state index contributed by atoms with van der Waals surface area (Å²) in [5, 5.41) is 9.74. The molecule has 17 heavy (non-hydrogen) atoms. The predicted octanol–water partition coefficient (Wildman–Crippen LogP) is 2.44. The Kier molecular flexibility index (Phi) is 4.91. The molecule has 0 aliphatic heterocycles. The molecular weight excluding hydrogens is 216 g/mol. The highest BCUT2D eigenvalue weighted by atomic mass is 16.5. The van der Waals surface area contributed by atoms with E-state index in [-0.39, 0.29) is 12.2 Å². The van der Waals surface area contributed by atoms with Gasteiger partial charge in [0.1, 0.15) is 11.5 Å². The van der Waals surface area contributed by atoms with Crippen molar-refractivity contribution in [1.29, 1.82) is 0 Å². The maximum Gasteiger partial charge on any atom is 0.132 e. The van der Waals surface area contributed by atoms with Crippen molar-refractivity contribution in [3.05, 3.63) is 35.4 Å². The fraction of sp³-hybridized carbons (Fsp3) is 0.357. The Balaban J connectivity index is 2.75. The Labute approximate surface area is 102 Å². The standard InChI is InChI=1S/C14H18O3/c1-10(14(16)9-11(2)15)8-12-4-6-13(17-3)7-5-12/h4-8,14,16H,9H2,1-3H3/b10-8+/t14-/m0/s1. The number of hydrogen-bond acceptors (Lipinski definition) is 3. The van der Waals surface area contributed by atoms with E-state index in [2.05, 4.69) is 0 Å². The first-order chi connectivity index (χ1) is 8.02. The maximum atomic E-state index is 10.9. The van der Waals surface area contributed by atoms with Gasteiger partial charge in [0.15, 0.2) is 0 Å². The number of Topliss-reactive ketones (excluding diaryl/α,β-unsaturated/α-hetero) is 1. The van der Waals surface area contributed by atoms with Gasteiger partial charge in [-0.1, -0.05) is 18.2 Å². The molecule has 1 aromatic carbocycles. The van der Waals surface area contributed by atoms with Gasteiger partial charge >= 0.3 is 0 Å².